The van der Waals surface area contributed by atoms with Gasteiger partial charge >= 0.3 is 6.18 Å². The Morgan fingerprint density at radius 3 is 2.31 bits per heavy atom. The van der Waals surface area contributed by atoms with Crippen LogP contribution < -0.4 is 5.43 Å². The number of hydrogen-bond acceptors (Lipinski definition) is 5. The van der Waals surface area contributed by atoms with E-state index in [1.165, 1.54) is 6.92 Å². The Balaban J connectivity index is 2.18. The highest BCUT2D eigenvalue weighted by atomic mass is 35.5. The van der Waals surface area contributed by atoms with Gasteiger partial charge in [-0.3, -0.25) is 15.0 Å². The van der Waals surface area contributed by atoms with Gasteiger partial charge in [0.05, 0.1) is 23.3 Å². The molecule has 0 aliphatic carbocycles. The molecule has 1 aliphatic heterocycles. The fourth-order valence-electron chi connectivity index (χ4n) is 2.07. The number of ether oxygens (including phenoxy) is 1. The van der Waals surface area contributed by atoms with Crippen molar-refractivity contribution >= 4 is 29.2 Å². The SMILES string of the molecule is CC1=C(COC(C)(C)C)C(=O)N(Nc2ccc(C(F)(F)F)c(Cl)n2)C1=O. The second-order valence-corrected chi connectivity index (χ2v) is 6.95. The molecule has 6 nitrogen and oxygen atoms in total. The maximum absolute atomic E-state index is 12.7. The van der Waals surface area contributed by atoms with E-state index in [4.69, 9.17) is 16.3 Å². The maximum Gasteiger partial charge on any atom is 0.419 e. The van der Waals surface area contributed by atoms with Gasteiger partial charge in [0.15, 0.2) is 0 Å². The van der Waals surface area contributed by atoms with Crippen molar-refractivity contribution < 1.29 is 27.5 Å². The lowest BCUT2D eigenvalue weighted by molar-refractivity contribution is -0.138. The largest absolute Gasteiger partial charge is 0.419 e. The van der Waals surface area contributed by atoms with Gasteiger partial charge in [0.2, 0.25) is 0 Å². The number of carbonyl (C=O) groups excluding carboxylic acids is 2. The number of hydrogen-bond donors (Lipinski definition) is 1. The van der Waals surface area contributed by atoms with Crippen LogP contribution in [0, 0.1) is 0 Å². The van der Waals surface area contributed by atoms with Crippen LogP contribution in [0.25, 0.3) is 0 Å². The van der Waals surface area contributed by atoms with Crippen LogP contribution in [0.5, 0.6) is 0 Å². The monoisotopic (exact) mass is 391 g/mol. The maximum atomic E-state index is 12.7. The number of nitrogens with one attached hydrogen (secondary N) is 1. The van der Waals surface area contributed by atoms with Crippen LogP contribution in [0.15, 0.2) is 23.3 Å². The molecule has 0 atom stereocenters. The van der Waals surface area contributed by atoms with Crippen LogP contribution in [0.1, 0.15) is 33.3 Å². The van der Waals surface area contributed by atoms with E-state index in [0.717, 1.165) is 6.07 Å². The molecule has 10 heteroatoms. The second-order valence-electron chi connectivity index (χ2n) is 6.59. The van der Waals surface area contributed by atoms with E-state index < -0.39 is 34.3 Å². The Bertz CT molecular complexity index is 785. The third-order valence-electron chi connectivity index (χ3n) is 3.47. The summed E-state index contributed by atoms with van der Waals surface area (Å²) in [5.74, 6) is -1.47. The highest BCUT2D eigenvalue weighted by Gasteiger charge is 2.38. The van der Waals surface area contributed by atoms with Gasteiger partial charge in [-0.2, -0.15) is 18.2 Å². The predicted molar refractivity (Wildman–Crippen MR) is 88.1 cm³/mol. The molecule has 142 valence electrons. The summed E-state index contributed by atoms with van der Waals surface area (Å²) in [5.41, 5.74) is 1.11. The van der Waals surface area contributed by atoms with Crippen molar-refractivity contribution in [1.29, 1.82) is 0 Å². The van der Waals surface area contributed by atoms with Gasteiger partial charge in [0.25, 0.3) is 11.8 Å². The Morgan fingerprint density at radius 2 is 1.81 bits per heavy atom. The molecule has 2 heterocycles. The number of halogens is 4. The normalized spacial score (nSPS) is 15.9. The van der Waals surface area contributed by atoms with Crippen molar-refractivity contribution in [3.8, 4) is 0 Å². The molecule has 0 saturated heterocycles. The molecule has 0 unspecified atom stereocenters. The molecule has 1 N–H and O–H groups in total. The highest BCUT2D eigenvalue weighted by Crippen LogP contribution is 2.34. The van der Waals surface area contributed by atoms with E-state index in [-0.39, 0.29) is 23.6 Å². The zero-order chi connectivity index (χ0) is 19.9. The van der Waals surface area contributed by atoms with E-state index in [9.17, 15) is 22.8 Å². The standard InChI is InChI=1S/C16H17ClF3N3O3/c1-8-9(7-26-15(2,3)4)14(25)23(13(8)24)22-11-6-5-10(12(17)21-11)16(18,19)20/h5-6H,7H2,1-4H3,(H,21,22). The lowest BCUT2D eigenvalue weighted by Crippen LogP contribution is -2.38. The molecule has 2 rings (SSSR count). The van der Waals surface area contributed by atoms with Gasteiger partial charge in [-0.1, -0.05) is 11.6 Å². The van der Waals surface area contributed by atoms with Crippen LogP contribution in [-0.4, -0.2) is 34.0 Å². The summed E-state index contributed by atoms with van der Waals surface area (Å²) in [5, 5.41) is -0.120. The van der Waals surface area contributed by atoms with E-state index in [2.05, 4.69) is 10.4 Å². The van der Waals surface area contributed by atoms with Gasteiger partial charge in [0.1, 0.15) is 11.0 Å². The molecule has 0 bridgehead atoms. The molecule has 0 fully saturated rings. The zero-order valence-corrected chi connectivity index (χ0v) is 15.2. The highest BCUT2D eigenvalue weighted by molar-refractivity contribution is 6.30. The van der Waals surface area contributed by atoms with Gasteiger partial charge in [-0.05, 0) is 39.8 Å². The molecule has 26 heavy (non-hydrogen) atoms. The molecule has 0 aromatic carbocycles. The van der Waals surface area contributed by atoms with Gasteiger partial charge in [-0.15, -0.1) is 0 Å². The van der Waals surface area contributed by atoms with E-state index in [1.54, 1.807) is 20.8 Å². The van der Waals surface area contributed by atoms with Crippen molar-refractivity contribution in [2.75, 3.05) is 12.0 Å². The molecule has 0 spiro atoms. The van der Waals surface area contributed by atoms with E-state index in [1.807, 2.05) is 0 Å². The number of imide groups is 1. The Hall–Kier alpha value is -2.13. The molecule has 2 amide bonds. The minimum atomic E-state index is -4.66. The Kier molecular flexibility index (Phi) is 5.34. The quantitative estimate of drug-likeness (QED) is 0.627. The summed E-state index contributed by atoms with van der Waals surface area (Å²) in [4.78, 5) is 28.2. The van der Waals surface area contributed by atoms with Crippen LogP contribution >= 0.6 is 11.6 Å². The van der Waals surface area contributed by atoms with Gasteiger partial charge < -0.3 is 4.74 Å². The van der Waals surface area contributed by atoms with Crippen molar-refractivity contribution in [3.63, 3.8) is 0 Å². The van der Waals surface area contributed by atoms with Crippen LogP contribution in [0.2, 0.25) is 5.15 Å². The lowest BCUT2D eigenvalue weighted by atomic mass is 10.1. The number of hydrazine groups is 1. The molecule has 1 aromatic rings. The average molecular weight is 392 g/mol. The molecule has 1 aromatic heterocycles. The summed E-state index contributed by atoms with van der Waals surface area (Å²) in [6.07, 6.45) is -4.66. The first-order valence-corrected chi connectivity index (χ1v) is 7.92. The van der Waals surface area contributed by atoms with Crippen molar-refractivity contribution in [2.24, 2.45) is 0 Å². The third-order valence-corrected chi connectivity index (χ3v) is 3.76. The van der Waals surface area contributed by atoms with Crippen molar-refractivity contribution in [2.45, 2.75) is 39.5 Å². The number of carbonyl (C=O) groups is 2. The first-order chi connectivity index (χ1) is 11.8. The first kappa shape index (κ1) is 20.2. The Morgan fingerprint density at radius 1 is 1.19 bits per heavy atom. The number of pyridine rings is 1. The number of aromatic nitrogens is 1. The summed E-state index contributed by atoms with van der Waals surface area (Å²) < 4.78 is 43.7. The molecule has 1 aliphatic rings. The van der Waals surface area contributed by atoms with Crippen LogP contribution in [0.3, 0.4) is 0 Å². The summed E-state index contributed by atoms with van der Waals surface area (Å²) in [6.45, 7) is 6.80. The number of rotatable bonds is 4. The first-order valence-electron chi connectivity index (χ1n) is 7.54. The second kappa shape index (κ2) is 6.88. The minimum Gasteiger partial charge on any atom is -0.371 e. The minimum absolute atomic E-state index is 0.0702. The number of alkyl halides is 3. The number of amides is 2. The average Bonchev–Trinajstić information content (AvgIpc) is 2.67. The van der Waals surface area contributed by atoms with Crippen molar-refractivity contribution in [1.82, 2.24) is 9.99 Å². The third kappa shape index (κ3) is 4.34. The fourth-order valence-corrected chi connectivity index (χ4v) is 2.33. The molecular formula is C16H17ClF3N3O3. The lowest BCUT2D eigenvalue weighted by Gasteiger charge is -2.20. The predicted octanol–water partition coefficient (Wildman–Crippen LogP) is 3.58. The Labute approximate surface area is 152 Å². The van der Waals surface area contributed by atoms with Gasteiger partial charge in [0, 0.05) is 5.57 Å². The van der Waals surface area contributed by atoms with Gasteiger partial charge in [-0.25, -0.2) is 4.98 Å². The molecule has 0 saturated carbocycles. The molecule has 0 radical (unpaired) electrons. The number of anilines is 1. The van der Waals surface area contributed by atoms with Crippen molar-refractivity contribution in [3.05, 3.63) is 34.0 Å². The van der Waals surface area contributed by atoms with E-state index >= 15 is 0 Å². The van der Waals surface area contributed by atoms with Crippen LogP contribution in [0.4, 0.5) is 19.0 Å². The van der Waals surface area contributed by atoms with E-state index in [0.29, 0.717) is 11.1 Å². The molecular weight excluding hydrogens is 375 g/mol. The zero-order valence-electron chi connectivity index (χ0n) is 14.5. The topological polar surface area (TPSA) is 71.5 Å². The van der Waals surface area contributed by atoms with Crippen LogP contribution in [-0.2, 0) is 20.5 Å². The summed E-state index contributed by atoms with van der Waals surface area (Å²) in [7, 11) is 0. The smallest absolute Gasteiger partial charge is 0.371 e. The fraction of sp³-hybridized carbons (Fsp3) is 0.438. The summed E-state index contributed by atoms with van der Waals surface area (Å²) >= 11 is 5.54. The summed E-state index contributed by atoms with van der Waals surface area (Å²) in [6, 6.07) is 1.70. The number of nitrogens with zero attached hydrogens (tertiary/aromatic N) is 2.